The molecule has 1 atom stereocenters. The third kappa shape index (κ3) is 4.56. The maximum atomic E-state index is 12.5. The second kappa shape index (κ2) is 8.61. The molecule has 2 aliphatic rings. The Morgan fingerprint density at radius 1 is 1.10 bits per heavy atom. The van der Waals surface area contributed by atoms with Crippen molar-refractivity contribution < 1.29 is 19.0 Å². The zero-order valence-electron chi connectivity index (χ0n) is 16.9. The van der Waals surface area contributed by atoms with Crippen molar-refractivity contribution in [2.75, 3.05) is 51.5 Å². The third-order valence-electron chi connectivity index (χ3n) is 5.43. The summed E-state index contributed by atoms with van der Waals surface area (Å²) in [6.07, 6.45) is 0. The molecule has 0 radical (unpaired) electrons. The molecule has 7 nitrogen and oxygen atoms in total. The van der Waals surface area contributed by atoms with Gasteiger partial charge in [-0.1, -0.05) is 12.1 Å². The predicted octanol–water partition coefficient (Wildman–Crippen LogP) is 2.42. The number of ether oxygens (including phenoxy) is 3. The van der Waals surface area contributed by atoms with E-state index in [2.05, 4.69) is 27.2 Å². The van der Waals surface area contributed by atoms with E-state index in [0.29, 0.717) is 6.54 Å². The minimum Gasteiger partial charge on any atom is -0.497 e. The van der Waals surface area contributed by atoms with Crippen LogP contribution in [0.15, 0.2) is 42.5 Å². The van der Waals surface area contributed by atoms with E-state index in [9.17, 15) is 4.79 Å². The van der Waals surface area contributed by atoms with Gasteiger partial charge in [0.2, 0.25) is 12.7 Å². The van der Waals surface area contributed by atoms with Gasteiger partial charge in [0, 0.05) is 37.9 Å². The van der Waals surface area contributed by atoms with Crippen LogP contribution in [0.2, 0.25) is 0 Å². The van der Waals surface area contributed by atoms with Crippen molar-refractivity contribution in [3.8, 4) is 17.2 Å². The van der Waals surface area contributed by atoms with Crippen LogP contribution in [-0.2, 0) is 4.79 Å². The lowest BCUT2D eigenvalue weighted by Gasteiger charge is -2.36. The molecule has 4 rings (SSSR count). The maximum absolute atomic E-state index is 12.5. The van der Waals surface area contributed by atoms with Crippen molar-refractivity contribution in [3.63, 3.8) is 0 Å². The maximum Gasteiger partial charge on any atom is 0.234 e. The molecule has 0 unspecified atom stereocenters. The quantitative estimate of drug-likeness (QED) is 0.808. The molecule has 154 valence electrons. The summed E-state index contributed by atoms with van der Waals surface area (Å²) < 4.78 is 16.1. The Bertz CT molecular complexity index is 865. The van der Waals surface area contributed by atoms with Gasteiger partial charge in [0.05, 0.1) is 19.7 Å². The van der Waals surface area contributed by atoms with Gasteiger partial charge in [-0.3, -0.25) is 9.69 Å². The number of rotatable bonds is 6. The normalized spacial score (nSPS) is 17.1. The van der Waals surface area contributed by atoms with Crippen LogP contribution in [0.4, 0.5) is 5.69 Å². The largest absolute Gasteiger partial charge is 0.497 e. The van der Waals surface area contributed by atoms with Crippen molar-refractivity contribution in [2.45, 2.75) is 13.0 Å². The van der Waals surface area contributed by atoms with Crippen LogP contribution >= 0.6 is 0 Å². The minimum absolute atomic E-state index is 0.0324. The first kappa shape index (κ1) is 19.4. The molecule has 1 amide bonds. The lowest BCUT2D eigenvalue weighted by Crippen LogP contribution is -2.49. The summed E-state index contributed by atoms with van der Waals surface area (Å²) in [5.41, 5.74) is 2.16. The highest BCUT2D eigenvalue weighted by atomic mass is 16.7. The van der Waals surface area contributed by atoms with E-state index in [1.54, 1.807) is 7.11 Å². The van der Waals surface area contributed by atoms with Crippen molar-refractivity contribution >= 4 is 11.6 Å². The van der Waals surface area contributed by atoms with Gasteiger partial charge in [-0.2, -0.15) is 0 Å². The molecule has 1 N–H and O–H groups in total. The van der Waals surface area contributed by atoms with Crippen LogP contribution in [0, 0.1) is 0 Å². The molecule has 0 bridgehead atoms. The average Bonchev–Trinajstić information content (AvgIpc) is 3.22. The number of benzene rings is 2. The van der Waals surface area contributed by atoms with Crippen molar-refractivity contribution in [2.24, 2.45) is 0 Å². The monoisotopic (exact) mass is 397 g/mol. The SMILES string of the molecule is COc1cccc(N2CCN(CC(=O)N[C@@H](C)c3ccc4c(c3)OCO4)CC2)c1. The Balaban J connectivity index is 1.26. The molecule has 0 spiro atoms. The van der Waals surface area contributed by atoms with E-state index in [0.717, 1.165) is 54.7 Å². The summed E-state index contributed by atoms with van der Waals surface area (Å²) in [4.78, 5) is 17.0. The second-order valence-electron chi connectivity index (χ2n) is 7.37. The number of piperazine rings is 1. The Kier molecular flexibility index (Phi) is 5.76. The highest BCUT2D eigenvalue weighted by molar-refractivity contribution is 5.78. The van der Waals surface area contributed by atoms with E-state index >= 15 is 0 Å². The van der Waals surface area contributed by atoms with Gasteiger partial charge >= 0.3 is 0 Å². The fourth-order valence-electron chi connectivity index (χ4n) is 3.73. The summed E-state index contributed by atoms with van der Waals surface area (Å²) in [6.45, 7) is 6.11. The third-order valence-corrected chi connectivity index (χ3v) is 5.43. The van der Waals surface area contributed by atoms with Crippen LogP contribution < -0.4 is 24.4 Å². The van der Waals surface area contributed by atoms with Gasteiger partial charge in [-0.05, 0) is 36.8 Å². The van der Waals surface area contributed by atoms with E-state index in [1.165, 1.54) is 0 Å². The van der Waals surface area contributed by atoms with Crippen molar-refractivity contribution in [1.82, 2.24) is 10.2 Å². The number of amides is 1. The zero-order chi connectivity index (χ0) is 20.2. The standard InChI is InChI=1S/C22H27N3O4/c1-16(17-6-7-20-21(12-17)29-15-28-20)23-22(26)14-24-8-10-25(11-9-24)18-4-3-5-19(13-18)27-2/h3-7,12-13,16H,8-11,14-15H2,1-2H3,(H,23,26)/t16-/m0/s1. The smallest absolute Gasteiger partial charge is 0.234 e. The predicted molar refractivity (Wildman–Crippen MR) is 111 cm³/mol. The van der Waals surface area contributed by atoms with Gasteiger partial charge in [0.25, 0.3) is 0 Å². The summed E-state index contributed by atoms with van der Waals surface area (Å²) in [7, 11) is 1.68. The van der Waals surface area contributed by atoms with E-state index < -0.39 is 0 Å². The van der Waals surface area contributed by atoms with Gasteiger partial charge in [-0.25, -0.2) is 0 Å². The Labute approximate surface area is 171 Å². The number of carbonyl (C=O) groups excluding carboxylic acids is 1. The molecular formula is C22H27N3O4. The van der Waals surface area contributed by atoms with Gasteiger partial charge in [0.1, 0.15) is 5.75 Å². The highest BCUT2D eigenvalue weighted by Gasteiger charge is 2.21. The van der Waals surface area contributed by atoms with E-state index in [-0.39, 0.29) is 18.7 Å². The number of nitrogens with zero attached hydrogens (tertiary/aromatic N) is 2. The summed E-state index contributed by atoms with van der Waals surface area (Å²) in [5.74, 6) is 2.38. The molecule has 0 aromatic heterocycles. The number of carbonyl (C=O) groups is 1. The number of anilines is 1. The molecule has 2 aromatic rings. The van der Waals surface area contributed by atoms with E-state index in [4.69, 9.17) is 14.2 Å². The van der Waals surface area contributed by atoms with Crippen LogP contribution in [0.1, 0.15) is 18.5 Å². The van der Waals surface area contributed by atoms with Gasteiger partial charge in [-0.15, -0.1) is 0 Å². The van der Waals surface area contributed by atoms with Gasteiger partial charge in [0.15, 0.2) is 11.5 Å². The van der Waals surface area contributed by atoms with E-state index in [1.807, 2.05) is 37.3 Å². The number of hydrogen-bond donors (Lipinski definition) is 1. The first-order chi connectivity index (χ1) is 14.1. The lowest BCUT2D eigenvalue weighted by atomic mass is 10.1. The topological polar surface area (TPSA) is 63.3 Å². The summed E-state index contributed by atoms with van der Waals surface area (Å²) in [5, 5.41) is 3.09. The first-order valence-electron chi connectivity index (χ1n) is 9.92. The van der Waals surface area contributed by atoms with Crippen molar-refractivity contribution in [1.29, 1.82) is 0 Å². The second-order valence-corrected chi connectivity index (χ2v) is 7.37. The summed E-state index contributed by atoms with van der Waals surface area (Å²) >= 11 is 0. The molecule has 1 saturated heterocycles. The van der Waals surface area contributed by atoms with Crippen LogP contribution in [0.25, 0.3) is 0 Å². The molecule has 7 heteroatoms. The van der Waals surface area contributed by atoms with Crippen molar-refractivity contribution in [3.05, 3.63) is 48.0 Å². The molecule has 2 aromatic carbocycles. The first-order valence-corrected chi connectivity index (χ1v) is 9.92. The number of methoxy groups -OCH3 is 1. The number of nitrogens with one attached hydrogen (secondary N) is 1. The average molecular weight is 397 g/mol. The highest BCUT2D eigenvalue weighted by Crippen LogP contribution is 2.34. The van der Waals surface area contributed by atoms with Gasteiger partial charge < -0.3 is 24.4 Å². The molecule has 0 aliphatic carbocycles. The fraction of sp³-hybridized carbons (Fsp3) is 0.409. The Hall–Kier alpha value is -2.93. The number of fused-ring (bicyclic) bond motifs is 1. The summed E-state index contributed by atoms with van der Waals surface area (Å²) in [6, 6.07) is 13.8. The molecule has 0 saturated carbocycles. The molecule has 29 heavy (non-hydrogen) atoms. The van der Waals surface area contributed by atoms with Crippen LogP contribution in [0.5, 0.6) is 17.2 Å². The van der Waals surface area contributed by atoms with Crippen LogP contribution in [0.3, 0.4) is 0 Å². The molecule has 2 aliphatic heterocycles. The molecule has 2 heterocycles. The zero-order valence-corrected chi connectivity index (χ0v) is 16.9. The lowest BCUT2D eigenvalue weighted by molar-refractivity contribution is -0.123. The Morgan fingerprint density at radius 2 is 1.90 bits per heavy atom. The fourth-order valence-corrected chi connectivity index (χ4v) is 3.73. The minimum atomic E-state index is -0.0879. The molecule has 1 fully saturated rings. The van der Waals surface area contributed by atoms with Crippen LogP contribution in [-0.4, -0.2) is 57.4 Å². The number of hydrogen-bond acceptors (Lipinski definition) is 6. The Morgan fingerprint density at radius 3 is 2.69 bits per heavy atom. The molecular weight excluding hydrogens is 370 g/mol.